The minimum atomic E-state index is -0.309. The van der Waals surface area contributed by atoms with Crippen molar-refractivity contribution in [3.63, 3.8) is 0 Å². The molecule has 0 aliphatic rings. The molecule has 1 N–H and O–H groups in total. The number of rotatable bonds is 5. The number of H-pyrrole nitrogens is 1. The van der Waals surface area contributed by atoms with E-state index in [-0.39, 0.29) is 22.9 Å². The molecule has 0 aliphatic heterocycles. The predicted molar refractivity (Wildman–Crippen MR) is 72.0 cm³/mol. The Morgan fingerprint density at radius 2 is 2.19 bits per heavy atom. The van der Waals surface area contributed by atoms with E-state index in [4.69, 9.17) is 9.57 Å². The van der Waals surface area contributed by atoms with Gasteiger partial charge in [-0.3, -0.25) is 13.9 Å². The van der Waals surface area contributed by atoms with Crippen molar-refractivity contribution in [2.75, 3.05) is 6.61 Å². The summed E-state index contributed by atoms with van der Waals surface area (Å²) in [5, 5.41) is 3.83. The molecule has 0 bridgehead atoms. The van der Waals surface area contributed by atoms with Gasteiger partial charge in [-0.25, -0.2) is 9.78 Å². The van der Waals surface area contributed by atoms with Crippen molar-refractivity contribution in [1.29, 1.82) is 0 Å². The fourth-order valence-electron chi connectivity index (χ4n) is 1.61. The van der Waals surface area contributed by atoms with Gasteiger partial charge in [-0.2, -0.15) is 0 Å². The largest absolute Gasteiger partial charge is 0.479 e. The van der Waals surface area contributed by atoms with Crippen molar-refractivity contribution in [3.8, 4) is 11.9 Å². The van der Waals surface area contributed by atoms with Crippen LogP contribution in [-0.4, -0.2) is 32.0 Å². The van der Waals surface area contributed by atoms with Gasteiger partial charge in [0.2, 0.25) is 5.88 Å². The van der Waals surface area contributed by atoms with Gasteiger partial charge in [0.05, 0.1) is 12.8 Å². The molecular formula is C12H15N5O4. The fraction of sp³-hybridized carbons (Fsp3) is 0.333. The highest BCUT2D eigenvalue weighted by atomic mass is 16.6. The van der Waals surface area contributed by atoms with E-state index in [9.17, 15) is 9.59 Å². The number of ether oxygens (including phenoxy) is 1. The predicted octanol–water partition coefficient (Wildman–Crippen LogP) is -0.447. The van der Waals surface area contributed by atoms with E-state index in [2.05, 4.69) is 15.1 Å². The average molecular weight is 293 g/mol. The Morgan fingerprint density at radius 1 is 1.43 bits per heavy atom. The smallest absolute Gasteiger partial charge is 0.332 e. The molecule has 0 radical (unpaired) electrons. The third-order valence-corrected chi connectivity index (χ3v) is 2.72. The Kier molecular flexibility index (Phi) is 4.21. The molecule has 112 valence electrons. The van der Waals surface area contributed by atoms with E-state index in [0.29, 0.717) is 18.8 Å². The topological polar surface area (TPSA) is 104 Å². The molecule has 2 aromatic rings. The standard InChI is InChI=1S/C12H15N5O4/c1-4-20-10-5-9(16(2)12(19)17(10)3)15-21-11-13-6-8(7-18)14-11/h5-7H,4H2,1-3H3,(H,13,14). The van der Waals surface area contributed by atoms with Crippen molar-refractivity contribution in [2.24, 2.45) is 19.3 Å². The zero-order valence-electron chi connectivity index (χ0n) is 11.9. The van der Waals surface area contributed by atoms with E-state index in [1.807, 2.05) is 6.92 Å². The van der Waals surface area contributed by atoms with Crippen LogP contribution in [0.4, 0.5) is 0 Å². The Labute approximate surface area is 119 Å². The number of hydrogen-bond donors (Lipinski definition) is 1. The van der Waals surface area contributed by atoms with Gasteiger partial charge in [-0.05, 0) is 6.92 Å². The maximum Gasteiger partial charge on any atom is 0.332 e. The number of imidazole rings is 1. The van der Waals surface area contributed by atoms with Crippen LogP contribution in [-0.2, 0) is 14.1 Å². The van der Waals surface area contributed by atoms with Gasteiger partial charge in [0, 0.05) is 20.2 Å². The second kappa shape index (κ2) is 6.07. The number of aromatic amines is 1. The third kappa shape index (κ3) is 3.02. The van der Waals surface area contributed by atoms with Crippen LogP contribution in [0.25, 0.3) is 0 Å². The molecule has 0 fully saturated rings. The van der Waals surface area contributed by atoms with Crippen LogP contribution >= 0.6 is 0 Å². The molecule has 21 heavy (non-hydrogen) atoms. The molecule has 0 aromatic carbocycles. The SMILES string of the molecule is CCOc1cc(=NOc2ncc(C=O)[nH]2)n(C)c(=O)n1C. The van der Waals surface area contributed by atoms with Crippen LogP contribution in [0.5, 0.6) is 11.9 Å². The highest BCUT2D eigenvalue weighted by Gasteiger charge is 2.06. The molecule has 0 atom stereocenters. The van der Waals surface area contributed by atoms with Gasteiger partial charge < -0.3 is 14.6 Å². The molecule has 9 heteroatoms. The lowest BCUT2D eigenvalue weighted by Crippen LogP contribution is -2.37. The van der Waals surface area contributed by atoms with E-state index in [0.717, 1.165) is 0 Å². The highest BCUT2D eigenvalue weighted by molar-refractivity contribution is 5.71. The number of nitrogens with one attached hydrogen (secondary N) is 1. The van der Waals surface area contributed by atoms with Gasteiger partial charge in [0.25, 0.3) is 0 Å². The van der Waals surface area contributed by atoms with Crippen LogP contribution in [0, 0.1) is 0 Å². The second-order valence-corrected chi connectivity index (χ2v) is 4.12. The fourth-order valence-corrected chi connectivity index (χ4v) is 1.61. The van der Waals surface area contributed by atoms with E-state index < -0.39 is 0 Å². The first-order chi connectivity index (χ1) is 10.1. The molecule has 2 aromatic heterocycles. The minimum absolute atomic E-state index is 0.0516. The number of carbonyl (C=O) groups excluding carboxylic acids is 1. The molecule has 0 saturated carbocycles. The first-order valence-corrected chi connectivity index (χ1v) is 6.18. The monoisotopic (exact) mass is 293 g/mol. The van der Waals surface area contributed by atoms with Crippen LogP contribution in [0.2, 0.25) is 0 Å². The molecule has 2 heterocycles. The van der Waals surface area contributed by atoms with E-state index in [1.54, 1.807) is 20.2 Å². The number of aldehydes is 1. The Balaban J connectivity index is 2.40. The summed E-state index contributed by atoms with van der Waals surface area (Å²) < 4.78 is 8.01. The van der Waals surface area contributed by atoms with Gasteiger partial charge >= 0.3 is 11.7 Å². The summed E-state index contributed by atoms with van der Waals surface area (Å²) in [5.41, 5.74) is 0.213. The van der Waals surface area contributed by atoms with Gasteiger partial charge in [0.15, 0.2) is 11.8 Å². The Morgan fingerprint density at radius 3 is 2.81 bits per heavy atom. The van der Waals surface area contributed by atoms with E-state index >= 15 is 0 Å². The van der Waals surface area contributed by atoms with Gasteiger partial charge in [0.1, 0.15) is 5.69 Å². The first kappa shape index (κ1) is 14.6. The lowest BCUT2D eigenvalue weighted by atomic mass is 10.5. The maximum absolute atomic E-state index is 12.0. The highest BCUT2D eigenvalue weighted by Crippen LogP contribution is 2.04. The van der Waals surface area contributed by atoms with Crippen LogP contribution in [0.15, 0.2) is 22.2 Å². The molecule has 0 amide bonds. The van der Waals surface area contributed by atoms with Crippen LogP contribution in [0.3, 0.4) is 0 Å². The normalized spacial score (nSPS) is 11.5. The number of aromatic nitrogens is 4. The lowest BCUT2D eigenvalue weighted by Gasteiger charge is -2.10. The number of carbonyl (C=O) groups is 1. The zero-order valence-corrected chi connectivity index (χ0v) is 11.9. The van der Waals surface area contributed by atoms with Crippen molar-refractivity contribution in [1.82, 2.24) is 19.1 Å². The summed E-state index contributed by atoms with van der Waals surface area (Å²) in [6, 6.07) is 1.62. The number of hydrogen-bond acceptors (Lipinski definition) is 6. The summed E-state index contributed by atoms with van der Waals surface area (Å²) in [6.07, 6.45) is 1.92. The van der Waals surface area contributed by atoms with Crippen LogP contribution in [0.1, 0.15) is 17.4 Å². The van der Waals surface area contributed by atoms with Gasteiger partial charge in [-0.15, -0.1) is 0 Å². The first-order valence-electron chi connectivity index (χ1n) is 6.18. The van der Waals surface area contributed by atoms with Crippen LogP contribution < -0.4 is 20.8 Å². The molecule has 9 nitrogen and oxygen atoms in total. The zero-order chi connectivity index (χ0) is 15.4. The van der Waals surface area contributed by atoms with Crippen molar-refractivity contribution in [2.45, 2.75) is 6.92 Å². The Bertz CT molecular complexity index is 771. The van der Waals surface area contributed by atoms with Crippen molar-refractivity contribution in [3.05, 3.63) is 33.9 Å². The average Bonchev–Trinajstić information content (AvgIpc) is 2.95. The molecule has 0 spiro atoms. The quantitative estimate of drug-likeness (QED) is 0.594. The molecule has 2 rings (SSSR count). The molecule has 0 aliphatic carbocycles. The molecular weight excluding hydrogens is 278 g/mol. The Hall–Kier alpha value is -2.84. The lowest BCUT2D eigenvalue weighted by molar-refractivity contribution is 0.111. The molecule has 0 unspecified atom stereocenters. The minimum Gasteiger partial charge on any atom is -0.479 e. The number of nitrogens with zero attached hydrogens (tertiary/aromatic N) is 4. The summed E-state index contributed by atoms with van der Waals surface area (Å²) in [6.45, 7) is 2.23. The molecule has 0 saturated heterocycles. The summed E-state index contributed by atoms with van der Waals surface area (Å²) in [7, 11) is 3.15. The third-order valence-electron chi connectivity index (χ3n) is 2.72. The maximum atomic E-state index is 12.0. The van der Waals surface area contributed by atoms with Crippen molar-refractivity contribution >= 4 is 6.29 Å². The summed E-state index contributed by atoms with van der Waals surface area (Å²) in [5.74, 6) is 0.371. The summed E-state index contributed by atoms with van der Waals surface area (Å²) >= 11 is 0. The second-order valence-electron chi connectivity index (χ2n) is 4.12. The summed E-state index contributed by atoms with van der Waals surface area (Å²) in [4.78, 5) is 34.0. The van der Waals surface area contributed by atoms with E-state index in [1.165, 1.54) is 15.3 Å². The van der Waals surface area contributed by atoms with Gasteiger partial charge in [-0.1, -0.05) is 5.16 Å². The van der Waals surface area contributed by atoms with Crippen molar-refractivity contribution < 1.29 is 14.4 Å².